The molecule has 50 valence electrons. The van der Waals surface area contributed by atoms with Gasteiger partial charge in [0.1, 0.15) is 0 Å². The van der Waals surface area contributed by atoms with E-state index in [4.69, 9.17) is 5.11 Å². The summed E-state index contributed by atoms with van der Waals surface area (Å²) in [5, 5.41) is 7.00. The summed E-state index contributed by atoms with van der Waals surface area (Å²) >= 11 is 0. The summed E-state index contributed by atoms with van der Waals surface area (Å²) in [6.07, 6.45) is 0. The van der Waals surface area contributed by atoms with E-state index in [2.05, 4.69) is 6.07 Å². The molecule has 0 atom stereocenters. The molecule has 1 aromatic rings. The standard InChI is InChI=1S/C6H5.CH4O.Cr/c1-2-4-6-5-3-1;1-2;/h1-5H;2H,1H3;/q-1;;. The predicted molar refractivity (Wildman–Crippen MR) is 33.4 cm³/mol. The molecule has 0 saturated carbocycles. The van der Waals surface area contributed by atoms with E-state index in [9.17, 15) is 0 Å². The van der Waals surface area contributed by atoms with Gasteiger partial charge in [0, 0.05) is 24.5 Å². The monoisotopic (exact) mass is 161 g/mol. The van der Waals surface area contributed by atoms with Gasteiger partial charge in [-0.25, -0.2) is 0 Å². The van der Waals surface area contributed by atoms with Crippen molar-refractivity contribution in [3.05, 3.63) is 36.4 Å². The Morgan fingerprint density at radius 3 is 1.56 bits per heavy atom. The van der Waals surface area contributed by atoms with Crippen molar-refractivity contribution >= 4 is 0 Å². The molecular formula is C7H9CrO-. The van der Waals surface area contributed by atoms with E-state index in [-0.39, 0.29) is 17.4 Å². The third kappa shape index (κ3) is 7.71. The van der Waals surface area contributed by atoms with E-state index in [0.717, 1.165) is 7.11 Å². The van der Waals surface area contributed by atoms with Crippen LogP contribution in [0.4, 0.5) is 0 Å². The molecule has 9 heavy (non-hydrogen) atoms. The van der Waals surface area contributed by atoms with Crippen LogP contribution in [0.3, 0.4) is 0 Å². The Kier molecular flexibility index (Phi) is 13.6. The zero-order valence-electron chi connectivity index (χ0n) is 5.24. The fourth-order valence-corrected chi connectivity index (χ4v) is 0.342. The van der Waals surface area contributed by atoms with E-state index in [1.54, 1.807) is 0 Å². The molecule has 0 aliphatic heterocycles. The minimum absolute atomic E-state index is 0. The molecule has 0 fully saturated rings. The van der Waals surface area contributed by atoms with Crippen LogP contribution in [0.15, 0.2) is 30.3 Å². The van der Waals surface area contributed by atoms with Gasteiger partial charge in [0.2, 0.25) is 0 Å². The van der Waals surface area contributed by atoms with Crippen LogP contribution in [-0.4, -0.2) is 12.2 Å². The molecule has 0 unspecified atom stereocenters. The zero-order valence-corrected chi connectivity index (χ0v) is 6.52. The summed E-state index contributed by atoms with van der Waals surface area (Å²) in [5.74, 6) is 0. The Morgan fingerprint density at radius 2 is 1.44 bits per heavy atom. The van der Waals surface area contributed by atoms with Crippen molar-refractivity contribution in [3.63, 3.8) is 0 Å². The topological polar surface area (TPSA) is 20.2 Å². The van der Waals surface area contributed by atoms with Crippen molar-refractivity contribution in [2.75, 3.05) is 7.11 Å². The fourth-order valence-electron chi connectivity index (χ4n) is 0.342. The van der Waals surface area contributed by atoms with Gasteiger partial charge in [0.25, 0.3) is 0 Å². The molecule has 2 heteroatoms. The molecule has 1 rings (SSSR count). The van der Waals surface area contributed by atoms with E-state index < -0.39 is 0 Å². The molecule has 0 amide bonds. The van der Waals surface area contributed by atoms with Gasteiger partial charge in [0.15, 0.2) is 0 Å². The van der Waals surface area contributed by atoms with E-state index in [1.165, 1.54) is 0 Å². The minimum Gasteiger partial charge on any atom is -0.400 e. The predicted octanol–water partition coefficient (Wildman–Crippen LogP) is 1.09. The van der Waals surface area contributed by atoms with E-state index >= 15 is 0 Å². The van der Waals surface area contributed by atoms with Crippen molar-refractivity contribution in [1.82, 2.24) is 0 Å². The normalized spacial score (nSPS) is 6.00. The van der Waals surface area contributed by atoms with Crippen LogP contribution in [0.1, 0.15) is 0 Å². The Balaban J connectivity index is 0. The Labute approximate surface area is 66.5 Å². The fraction of sp³-hybridized carbons (Fsp3) is 0.143. The first-order chi connectivity index (χ1) is 4.00. The number of aliphatic hydroxyl groups is 1. The summed E-state index contributed by atoms with van der Waals surface area (Å²) in [6.45, 7) is 0. The van der Waals surface area contributed by atoms with Crippen LogP contribution >= 0.6 is 0 Å². The van der Waals surface area contributed by atoms with Gasteiger partial charge < -0.3 is 5.11 Å². The molecule has 0 saturated heterocycles. The molecule has 0 aliphatic rings. The maximum Gasteiger partial charge on any atom is 0.0319 e. The molecule has 0 bridgehead atoms. The van der Waals surface area contributed by atoms with Crippen LogP contribution in [0.25, 0.3) is 0 Å². The minimum atomic E-state index is 0. The van der Waals surface area contributed by atoms with Gasteiger partial charge in [-0.1, -0.05) is 0 Å². The molecule has 1 N–H and O–H groups in total. The Bertz CT molecular complexity index is 80.8. The summed E-state index contributed by atoms with van der Waals surface area (Å²) in [4.78, 5) is 0. The van der Waals surface area contributed by atoms with Crippen LogP contribution < -0.4 is 0 Å². The number of aliphatic hydroxyl groups excluding tert-OH is 1. The van der Waals surface area contributed by atoms with Crippen LogP contribution in [0, 0.1) is 6.07 Å². The van der Waals surface area contributed by atoms with Gasteiger partial charge in [-0.3, -0.25) is 0 Å². The maximum atomic E-state index is 7.00. The zero-order chi connectivity index (χ0) is 6.24. The van der Waals surface area contributed by atoms with Crippen molar-refractivity contribution in [3.8, 4) is 0 Å². The number of benzene rings is 1. The third-order valence-electron chi connectivity index (χ3n) is 0.607. The van der Waals surface area contributed by atoms with Crippen molar-refractivity contribution in [2.24, 2.45) is 0 Å². The Morgan fingerprint density at radius 1 is 1.00 bits per heavy atom. The summed E-state index contributed by atoms with van der Waals surface area (Å²) in [6, 6.07) is 12.5. The smallest absolute Gasteiger partial charge is 0.0319 e. The molecule has 1 nitrogen and oxygen atoms in total. The quantitative estimate of drug-likeness (QED) is 0.565. The first kappa shape index (κ1) is 11.5. The van der Waals surface area contributed by atoms with Crippen molar-refractivity contribution in [2.45, 2.75) is 0 Å². The second-order valence-corrected chi connectivity index (χ2v) is 1.08. The third-order valence-corrected chi connectivity index (χ3v) is 0.607. The molecule has 1 aromatic carbocycles. The molecule has 0 aliphatic carbocycles. The second-order valence-electron chi connectivity index (χ2n) is 1.08. The first-order valence-corrected chi connectivity index (χ1v) is 2.36. The van der Waals surface area contributed by atoms with E-state index in [0.29, 0.717) is 0 Å². The van der Waals surface area contributed by atoms with Gasteiger partial charge in [-0.05, 0) is 0 Å². The summed E-state index contributed by atoms with van der Waals surface area (Å²) in [5.41, 5.74) is 0. The van der Waals surface area contributed by atoms with Crippen LogP contribution in [0.2, 0.25) is 0 Å². The van der Waals surface area contributed by atoms with Crippen molar-refractivity contribution < 1.29 is 22.5 Å². The van der Waals surface area contributed by atoms with Crippen LogP contribution in [-0.2, 0) is 17.4 Å². The number of hydrogen-bond donors (Lipinski definition) is 1. The molecular weight excluding hydrogens is 152 g/mol. The maximum absolute atomic E-state index is 7.00. The SMILES string of the molecule is CO.[Cr].[c-]1ccccc1. The molecule has 0 spiro atoms. The molecule has 0 aromatic heterocycles. The second kappa shape index (κ2) is 10.6. The largest absolute Gasteiger partial charge is 0.400 e. The number of hydrogen-bond acceptors (Lipinski definition) is 1. The van der Waals surface area contributed by atoms with Crippen LogP contribution in [0.5, 0.6) is 0 Å². The van der Waals surface area contributed by atoms with Gasteiger partial charge >= 0.3 is 0 Å². The summed E-state index contributed by atoms with van der Waals surface area (Å²) < 4.78 is 0. The first-order valence-electron chi connectivity index (χ1n) is 2.36. The molecule has 0 heterocycles. The van der Waals surface area contributed by atoms with Gasteiger partial charge in [0.05, 0.1) is 0 Å². The van der Waals surface area contributed by atoms with Gasteiger partial charge in [-0.2, -0.15) is 36.4 Å². The average molecular weight is 161 g/mol. The average Bonchev–Trinajstić information content (AvgIpc) is 1.96. The molecule has 0 radical (unpaired) electrons. The van der Waals surface area contributed by atoms with Crippen molar-refractivity contribution in [1.29, 1.82) is 0 Å². The van der Waals surface area contributed by atoms with Gasteiger partial charge in [-0.15, -0.1) is 0 Å². The Hall–Kier alpha value is -0.288. The summed E-state index contributed by atoms with van der Waals surface area (Å²) in [7, 11) is 1.00. The number of rotatable bonds is 0. The van der Waals surface area contributed by atoms with E-state index in [1.807, 2.05) is 30.3 Å².